The number of esters is 1. The van der Waals surface area contributed by atoms with Gasteiger partial charge in [0.2, 0.25) is 5.91 Å². The lowest BCUT2D eigenvalue weighted by atomic mass is 10.1. The van der Waals surface area contributed by atoms with Crippen LogP contribution in [0.5, 0.6) is 11.5 Å². The Morgan fingerprint density at radius 2 is 1.61 bits per heavy atom. The standard InChI is InChI=1S/C28H44N2O6/c1-4-5-6-7-8-9-10-11-12-15-20-35-26(31)21-23-27(32)29-18-19-30(23)28(33)22(2)36-25-17-14-13-16-24(25)34-3/h13-14,16-17,22-23H,4-12,15,18-21H2,1-3H3,(H,29,32). The average molecular weight is 505 g/mol. The van der Waals surface area contributed by atoms with Gasteiger partial charge in [0.15, 0.2) is 17.6 Å². The Morgan fingerprint density at radius 3 is 2.25 bits per heavy atom. The lowest BCUT2D eigenvalue weighted by Crippen LogP contribution is -2.60. The molecule has 1 aromatic carbocycles. The SMILES string of the molecule is CCCCCCCCCCCCOC(=O)CC1C(=O)NCCN1C(=O)C(C)Oc1ccccc1OC. The molecule has 2 atom stereocenters. The van der Waals surface area contributed by atoms with Gasteiger partial charge < -0.3 is 24.4 Å². The third-order valence-corrected chi connectivity index (χ3v) is 6.46. The summed E-state index contributed by atoms with van der Waals surface area (Å²) in [5.41, 5.74) is 0. The van der Waals surface area contributed by atoms with Crippen LogP contribution in [0, 0.1) is 0 Å². The molecule has 0 bridgehead atoms. The maximum absolute atomic E-state index is 13.1. The predicted octanol–water partition coefficient (Wildman–Crippen LogP) is 4.64. The number of hydrogen-bond acceptors (Lipinski definition) is 6. The van der Waals surface area contributed by atoms with E-state index < -0.39 is 18.1 Å². The number of para-hydroxylation sites is 2. The van der Waals surface area contributed by atoms with E-state index in [-0.39, 0.29) is 18.2 Å². The number of amides is 2. The molecule has 1 aliphatic rings. The molecule has 1 fully saturated rings. The Bertz CT molecular complexity index is 815. The second-order valence-corrected chi connectivity index (χ2v) is 9.36. The van der Waals surface area contributed by atoms with Crippen molar-refractivity contribution in [1.29, 1.82) is 0 Å². The van der Waals surface area contributed by atoms with Crippen LogP contribution in [0.15, 0.2) is 24.3 Å². The maximum atomic E-state index is 13.1. The number of methoxy groups -OCH3 is 1. The van der Waals surface area contributed by atoms with Crippen LogP contribution in [0.2, 0.25) is 0 Å². The molecule has 1 aliphatic heterocycles. The van der Waals surface area contributed by atoms with Gasteiger partial charge in [-0.05, 0) is 25.5 Å². The molecule has 8 nitrogen and oxygen atoms in total. The molecule has 0 aliphatic carbocycles. The molecule has 8 heteroatoms. The number of carbonyl (C=O) groups excluding carboxylic acids is 3. The van der Waals surface area contributed by atoms with E-state index in [1.165, 1.54) is 57.0 Å². The van der Waals surface area contributed by atoms with Crippen molar-refractivity contribution in [3.63, 3.8) is 0 Å². The minimum absolute atomic E-state index is 0.170. The number of benzene rings is 1. The molecule has 0 radical (unpaired) electrons. The number of nitrogens with zero attached hydrogens (tertiary/aromatic N) is 1. The molecule has 202 valence electrons. The summed E-state index contributed by atoms with van der Waals surface area (Å²) < 4.78 is 16.5. The molecule has 2 unspecified atom stereocenters. The van der Waals surface area contributed by atoms with Gasteiger partial charge in [-0.2, -0.15) is 0 Å². The van der Waals surface area contributed by atoms with Gasteiger partial charge in [0.05, 0.1) is 20.1 Å². The van der Waals surface area contributed by atoms with E-state index in [1.54, 1.807) is 25.1 Å². The highest BCUT2D eigenvalue weighted by atomic mass is 16.5. The molecule has 0 spiro atoms. The van der Waals surface area contributed by atoms with Gasteiger partial charge in [-0.3, -0.25) is 14.4 Å². The van der Waals surface area contributed by atoms with Gasteiger partial charge in [0.25, 0.3) is 5.91 Å². The molecule has 36 heavy (non-hydrogen) atoms. The van der Waals surface area contributed by atoms with E-state index in [2.05, 4.69) is 12.2 Å². The van der Waals surface area contributed by atoms with Crippen molar-refractivity contribution in [3.05, 3.63) is 24.3 Å². The number of piperazine rings is 1. The van der Waals surface area contributed by atoms with Gasteiger partial charge in [0, 0.05) is 13.1 Å². The second kappa shape index (κ2) is 16.8. The summed E-state index contributed by atoms with van der Waals surface area (Å²) in [7, 11) is 1.53. The fourth-order valence-electron chi connectivity index (χ4n) is 4.36. The lowest BCUT2D eigenvalue weighted by molar-refractivity contribution is -0.154. The maximum Gasteiger partial charge on any atom is 0.308 e. The monoisotopic (exact) mass is 504 g/mol. The molecule has 0 saturated carbocycles. The fourth-order valence-corrected chi connectivity index (χ4v) is 4.36. The normalized spacial score (nSPS) is 16.2. The summed E-state index contributed by atoms with van der Waals surface area (Å²) in [4.78, 5) is 39.5. The summed E-state index contributed by atoms with van der Waals surface area (Å²) in [6.07, 6.45) is 11.0. The Morgan fingerprint density at radius 1 is 1.00 bits per heavy atom. The number of unbranched alkanes of at least 4 members (excludes halogenated alkanes) is 9. The van der Waals surface area contributed by atoms with E-state index in [4.69, 9.17) is 14.2 Å². The minimum Gasteiger partial charge on any atom is -0.493 e. The second-order valence-electron chi connectivity index (χ2n) is 9.36. The first-order valence-electron chi connectivity index (χ1n) is 13.5. The number of nitrogens with one attached hydrogen (secondary N) is 1. The zero-order valence-electron chi connectivity index (χ0n) is 22.3. The van der Waals surface area contributed by atoms with Gasteiger partial charge in [-0.25, -0.2) is 0 Å². The fraction of sp³-hybridized carbons (Fsp3) is 0.679. The average Bonchev–Trinajstić information content (AvgIpc) is 2.88. The highest BCUT2D eigenvalue weighted by Gasteiger charge is 2.37. The summed E-state index contributed by atoms with van der Waals surface area (Å²) >= 11 is 0. The van der Waals surface area contributed by atoms with E-state index in [0.717, 1.165) is 19.3 Å². The molecule has 1 aromatic rings. The van der Waals surface area contributed by atoms with Crippen LogP contribution in [0.3, 0.4) is 0 Å². The van der Waals surface area contributed by atoms with Gasteiger partial charge in [-0.1, -0.05) is 76.8 Å². The largest absolute Gasteiger partial charge is 0.493 e. The van der Waals surface area contributed by atoms with Crippen LogP contribution in [0.25, 0.3) is 0 Å². The summed E-state index contributed by atoms with van der Waals surface area (Å²) in [5, 5.41) is 2.74. The van der Waals surface area contributed by atoms with E-state index >= 15 is 0 Å². The van der Waals surface area contributed by atoms with Crippen molar-refractivity contribution in [2.24, 2.45) is 0 Å². The molecule has 2 amide bonds. The van der Waals surface area contributed by atoms with E-state index in [0.29, 0.717) is 31.2 Å². The molecule has 2 rings (SSSR count). The van der Waals surface area contributed by atoms with Crippen LogP contribution >= 0.6 is 0 Å². The lowest BCUT2D eigenvalue weighted by Gasteiger charge is -2.36. The van der Waals surface area contributed by atoms with Gasteiger partial charge in [-0.15, -0.1) is 0 Å². The quantitative estimate of drug-likeness (QED) is 0.245. The van der Waals surface area contributed by atoms with Crippen molar-refractivity contribution in [1.82, 2.24) is 10.2 Å². The predicted molar refractivity (Wildman–Crippen MR) is 139 cm³/mol. The molecule has 0 aromatic heterocycles. The topological polar surface area (TPSA) is 94.2 Å². The van der Waals surface area contributed by atoms with Crippen LogP contribution in [0.1, 0.15) is 84.5 Å². The Kier molecular flexibility index (Phi) is 13.8. The third-order valence-electron chi connectivity index (χ3n) is 6.46. The van der Waals surface area contributed by atoms with E-state index in [1.807, 2.05) is 6.07 Å². The summed E-state index contributed by atoms with van der Waals surface area (Å²) in [6.45, 7) is 4.83. The highest BCUT2D eigenvalue weighted by Crippen LogP contribution is 2.27. The van der Waals surface area contributed by atoms with Gasteiger partial charge >= 0.3 is 5.97 Å². The first-order valence-corrected chi connectivity index (χ1v) is 13.5. The summed E-state index contributed by atoms with van der Waals surface area (Å²) in [6, 6.07) is 6.15. The highest BCUT2D eigenvalue weighted by molar-refractivity contribution is 5.93. The van der Waals surface area contributed by atoms with Crippen molar-refractivity contribution in [2.75, 3.05) is 26.8 Å². The summed E-state index contributed by atoms with van der Waals surface area (Å²) in [5.74, 6) is -0.224. The molecule has 1 heterocycles. The van der Waals surface area contributed by atoms with Crippen LogP contribution < -0.4 is 14.8 Å². The van der Waals surface area contributed by atoms with E-state index in [9.17, 15) is 14.4 Å². The van der Waals surface area contributed by atoms with Crippen molar-refractivity contribution < 1.29 is 28.6 Å². The number of rotatable bonds is 17. The van der Waals surface area contributed by atoms with Crippen LogP contribution in [-0.4, -0.2) is 61.6 Å². The number of ether oxygens (including phenoxy) is 3. The van der Waals surface area contributed by atoms with Gasteiger partial charge in [0.1, 0.15) is 6.04 Å². The number of carbonyl (C=O) groups is 3. The van der Waals surface area contributed by atoms with Crippen molar-refractivity contribution in [3.8, 4) is 11.5 Å². The smallest absolute Gasteiger partial charge is 0.308 e. The third kappa shape index (κ3) is 10.1. The Hall–Kier alpha value is -2.77. The molecular formula is C28H44N2O6. The Labute approximate surface area is 216 Å². The zero-order chi connectivity index (χ0) is 26.2. The minimum atomic E-state index is -0.907. The first kappa shape index (κ1) is 29.5. The first-order chi connectivity index (χ1) is 17.5. The molecule has 1 saturated heterocycles. The Balaban J connectivity index is 1.74. The molecular weight excluding hydrogens is 460 g/mol. The van der Waals surface area contributed by atoms with Crippen LogP contribution in [0.4, 0.5) is 0 Å². The van der Waals surface area contributed by atoms with Crippen LogP contribution in [-0.2, 0) is 19.1 Å². The molecule has 1 N–H and O–H groups in total. The number of hydrogen-bond donors (Lipinski definition) is 1. The van der Waals surface area contributed by atoms with Crippen molar-refractivity contribution in [2.45, 2.75) is 96.6 Å². The zero-order valence-corrected chi connectivity index (χ0v) is 22.3. The van der Waals surface area contributed by atoms with Crippen molar-refractivity contribution >= 4 is 17.8 Å².